The average Bonchev–Trinajstić information content (AvgIpc) is 3.46. The molecular weight excluding hydrogens is 865 g/mol. The largest absolute Gasteiger partial charge is 0.497 e. The summed E-state index contributed by atoms with van der Waals surface area (Å²) in [6.45, 7) is 9.97. The number of fused-ring (bicyclic) bond motifs is 3. The number of rotatable bonds is 11. The van der Waals surface area contributed by atoms with Crippen LogP contribution in [0.5, 0.6) is 11.5 Å². The Morgan fingerprint density at radius 2 is 1.88 bits per heavy atom. The molecule has 4 N–H and O–H groups in total. The Bertz CT molecular complexity index is 2390. The fraction of sp³-hybridized carbons (Fsp3) is 0.591. The van der Waals surface area contributed by atoms with Gasteiger partial charge in [-0.15, -0.1) is 11.3 Å². The van der Waals surface area contributed by atoms with Crippen LogP contribution >= 0.6 is 11.3 Å². The lowest BCUT2D eigenvalue weighted by Gasteiger charge is -2.34. The number of likely N-dealkylation sites (N-methyl/N-ethyl adjacent to an activating group) is 1. The maximum Gasteiger partial charge on any atom is 0.408 e. The van der Waals surface area contributed by atoms with Crippen LogP contribution < -0.4 is 25.4 Å². The molecule has 3 aliphatic heterocycles. The molecule has 0 radical (unpaired) electrons. The number of aromatic nitrogens is 2. The Morgan fingerprint density at radius 1 is 1.09 bits per heavy atom. The number of carboxylic acids is 1. The second-order valence-electron chi connectivity index (χ2n) is 18.5. The number of anilines is 1. The number of carboxylic acid groups (broad SMARTS) is 1. The number of alkyl carbamates (subject to hydrolysis) is 1. The fourth-order valence-corrected chi connectivity index (χ4v) is 10.6. The SMILES string of the molecule is COc1ccc2c(O[C@@H]3C[C@H]4C(=O)N[C@]5(C(=O)O)CC5/C=C\CCCCC[C@H](NC(=O)OC(CN5CCN(C)S5(=O)=O)C(C)(C)C)C(=O)N4C3)cc(-c3csc(NC(C)C)n3)nc2c1. The van der Waals surface area contributed by atoms with Gasteiger partial charge < -0.3 is 40.2 Å². The number of amides is 3. The molecule has 64 heavy (non-hydrogen) atoms. The smallest absolute Gasteiger partial charge is 0.408 e. The van der Waals surface area contributed by atoms with Gasteiger partial charge in [-0.1, -0.05) is 45.8 Å². The standard InChI is InChI=1S/C44H60N8O10S2/c1-26(2)45-41-47-34(25-63-41)33-21-36(30-16-15-28(60-7)19-32(30)46-33)61-29-20-35-38(53)49-44(40(55)56)22-27(44)13-11-9-8-10-12-14-31(39(54)52(35)23-29)48-42(57)62-37(43(3,4)5)24-51-18-17-50(6)64(51,58)59/h11,13,15-16,19,21,25-27,29,31,35,37H,8-10,12,14,17-18,20,22-24H2,1-7H3,(H,45,47)(H,48,57)(H,49,53)(H,55,56)/b13-11-/t27?,29-,31+,35+,37?,44-/m1/s1. The van der Waals surface area contributed by atoms with Crippen molar-refractivity contribution in [3.8, 4) is 22.9 Å². The normalized spacial score (nSPS) is 26.5. The lowest BCUT2D eigenvalue weighted by molar-refractivity contribution is -0.145. The third-order valence-corrected chi connectivity index (χ3v) is 15.1. The number of pyridine rings is 1. The number of allylic oxidation sites excluding steroid dienone is 1. The van der Waals surface area contributed by atoms with Crippen LogP contribution in [0.15, 0.2) is 41.8 Å². The highest BCUT2D eigenvalue weighted by Crippen LogP contribution is 2.46. The highest BCUT2D eigenvalue weighted by molar-refractivity contribution is 7.87. The molecule has 1 saturated carbocycles. The van der Waals surface area contributed by atoms with Crippen molar-refractivity contribution in [1.82, 2.24) is 34.1 Å². The van der Waals surface area contributed by atoms with Gasteiger partial charge in [-0.25, -0.2) is 19.6 Å². The van der Waals surface area contributed by atoms with E-state index in [0.717, 1.165) is 11.6 Å². The van der Waals surface area contributed by atoms with Crippen molar-refractivity contribution in [2.45, 2.75) is 115 Å². The quantitative estimate of drug-likeness (QED) is 0.186. The van der Waals surface area contributed by atoms with Gasteiger partial charge in [0.15, 0.2) is 5.13 Å². The molecule has 0 bridgehead atoms. The third-order valence-electron chi connectivity index (χ3n) is 12.3. The lowest BCUT2D eigenvalue weighted by atomic mass is 9.89. The highest BCUT2D eigenvalue weighted by Gasteiger charge is 2.61. The molecular formula is C44H60N8O10S2. The van der Waals surface area contributed by atoms with Crippen LogP contribution in [0.25, 0.3) is 22.3 Å². The first kappa shape index (κ1) is 46.9. The molecule has 18 nitrogen and oxygen atoms in total. The lowest BCUT2D eigenvalue weighted by Crippen LogP contribution is -2.56. The second kappa shape index (κ2) is 18.8. The minimum absolute atomic E-state index is 0.0181. The molecule has 6 atom stereocenters. The summed E-state index contributed by atoms with van der Waals surface area (Å²) in [5.74, 6) is -1.75. The van der Waals surface area contributed by atoms with Crippen LogP contribution in [-0.4, -0.2) is 137 Å². The predicted octanol–water partition coefficient (Wildman–Crippen LogP) is 5.02. The summed E-state index contributed by atoms with van der Waals surface area (Å²) < 4.78 is 46.7. The number of hydrogen-bond donors (Lipinski definition) is 4. The molecule has 5 heterocycles. The van der Waals surface area contributed by atoms with Gasteiger partial charge in [-0.05, 0) is 51.7 Å². The number of hydrogen-bond acceptors (Lipinski definition) is 13. The Kier molecular flexibility index (Phi) is 13.8. The van der Waals surface area contributed by atoms with E-state index in [1.807, 2.05) is 58.2 Å². The van der Waals surface area contributed by atoms with Gasteiger partial charge in [0.25, 0.3) is 10.2 Å². The van der Waals surface area contributed by atoms with Gasteiger partial charge in [0.05, 0.1) is 31.4 Å². The molecule has 1 aromatic carbocycles. The molecule has 2 aromatic heterocycles. The summed E-state index contributed by atoms with van der Waals surface area (Å²) in [6.07, 6.45) is 4.43. The van der Waals surface area contributed by atoms with Crippen molar-refractivity contribution in [3.63, 3.8) is 0 Å². The molecule has 348 valence electrons. The zero-order valence-corrected chi connectivity index (χ0v) is 39.1. The van der Waals surface area contributed by atoms with Gasteiger partial charge >= 0.3 is 12.1 Å². The third kappa shape index (κ3) is 10.2. The molecule has 3 amide bonds. The second-order valence-corrected chi connectivity index (χ2v) is 21.4. The summed E-state index contributed by atoms with van der Waals surface area (Å²) in [7, 11) is -0.666. The molecule has 4 aliphatic rings. The van der Waals surface area contributed by atoms with Crippen molar-refractivity contribution in [1.29, 1.82) is 0 Å². The number of thiazole rings is 1. The molecule has 1 aliphatic carbocycles. The van der Waals surface area contributed by atoms with Gasteiger partial charge in [0.2, 0.25) is 11.8 Å². The maximum absolute atomic E-state index is 14.9. The van der Waals surface area contributed by atoms with E-state index in [2.05, 4.69) is 16.0 Å². The van der Waals surface area contributed by atoms with Crippen LogP contribution in [0, 0.1) is 11.3 Å². The number of aliphatic carboxylic acids is 1. The van der Waals surface area contributed by atoms with E-state index >= 15 is 0 Å². The summed E-state index contributed by atoms with van der Waals surface area (Å²) in [4.78, 5) is 66.9. The van der Waals surface area contributed by atoms with E-state index in [-0.39, 0.29) is 44.9 Å². The van der Waals surface area contributed by atoms with E-state index in [0.29, 0.717) is 59.6 Å². The zero-order chi connectivity index (χ0) is 46.1. The molecule has 3 aromatic rings. The van der Waals surface area contributed by atoms with Crippen LogP contribution in [0.1, 0.15) is 79.6 Å². The van der Waals surface area contributed by atoms with Crippen molar-refractivity contribution >= 4 is 61.5 Å². The maximum atomic E-state index is 14.9. The number of methoxy groups -OCH3 is 1. The summed E-state index contributed by atoms with van der Waals surface area (Å²) in [5, 5.41) is 22.5. The van der Waals surface area contributed by atoms with Crippen LogP contribution in [0.2, 0.25) is 0 Å². The average molecular weight is 925 g/mol. The summed E-state index contributed by atoms with van der Waals surface area (Å²) in [6, 6.07) is 5.05. The van der Waals surface area contributed by atoms with E-state index < -0.39 is 75.2 Å². The van der Waals surface area contributed by atoms with Crippen LogP contribution in [-0.2, 0) is 29.3 Å². The topological polar surface area (TPSA) is 222 Å². The van der Waals surface area contributed by atoms with E-state index in [1.54, 1.807) is 25.3 Å². The Labute approximate surface area is 378 Å². The van der Waals surface area contributed by atoms with E-state index in [9.17, 15) is 32.7 Å². The van der Waals surface area contributed by atoms with E-state index in [1.165, 1.54) is 31.9 Å². The summed E-state index contributed by atoms with van der Waals surface area (Å²) in [5.41, 5.74) is -0.471. The first-order chi connectivity index (χ1) is 30.3. The van der Waals surface area contributed by atoms with Crippen LogP contribution in [0.4, 0.5) is 9.93 Å². The molecule has 7 rings (SSSR count). The number of nitrogens with one attached hydrogen (secondary N) is 3. The van der Waals surface area contributed by atoms with Gasteiger partial charge in [0.1, 0.15) is 47.0 Å². The molecule has 20 heteroatoms. The Balaban J connectivity index is 1.19. The predicted molar refractivity (Wildman–Crippen MR) is 241 cm³/mol. The van der Waals surface area contributed by atoms with Gasteiger partial charge in [-0.3, -0.25) is 9.59 Å². The van der Waals surface area contributed by atoms with Gasteiger partial charge in [-0.2, -0.15) is 17.0 Å². The molecule has 3 fully saturated rings. The van der Waals surface area contributed by atoms with Crippen molar-refractivity contribution in [2.75, 3.05) is 45.7 Å². The minimum Gasteiger partial charge on any atom is -0.497 e. The Morgan fingerprint density at radius 3 is 2.56 bits per heavy atom. The number of benzene rings is 1. The van der Waals surface area contributed by atoms with E-state index in [4.69, 9.17) is 24.2 Å². The molecule has 0 spiro atoms. The summed E-state index contributed by atoms with van der Waals surface area (Å²) >= 11 is 1.44. The Hall–Kier alpha value is -5.05. The fourth-order valence-electron chi connectivity index (χ4n) is 8.41. The molecule has 2 unspecified atom stereocenters. The van der Waals surface area contributed by atoms with Gasteiger partial charge in [0, 0.05) is 66.8 Å². The van der Waals surface area contributed by atoms with Crippen molar-refractivity contribution in [3.05, 3.63) is 41.8 Å². The first-order valence-corrected chi connectivity index (χ1v) is 24.2. The number of carbonyl (C=O) groups excluding carboxylic acids is 3. The number of ether oxygens (including phenoxy) is 3. The molecule has 2 saturated heterocycles. The first-order valence-electron chi connectivity index (χ1n) is 21.9. The zero-order valence-electron chi connectivity index (χ0n) is 37.5. The monoisotopic (exact) mass is 924 g/mol. The van der Waals surface area contributed by atoms with Crippen molar-refractivity contribution < 1.29 is 46.9 Å². The number of nitrogens with zero attached hydrogens (tertiary/aromatic N) is 5. The minimum atomic E-state index is -3.72. The highest BCUT2D eigenvalue weighted by atomic mass is 32.2. The van der Waals surface area contributed by atoms with Crippen molar-refractivity contribution in [2.24, 2.45) is 11.3 Å². The number of carbonyl (C=O) groups is 4. The van der Waals surface area contributed by atoms with Crippen LogP contribution in [0.3, 0.4) is 0 Å².